The number of hydrogen-bond donors (Lipinski definition) is 0. The molecule has 29 heavy (non-hydrogen) atoms. The van der Waals surface area contributed by atoms with Crippen molar-refractivity contribution in [3.05, 3.63) is 59.0 Å². The number of hydrogen-bond acceptors (Lipinski definition) is 4. The summed E-state index contributed by atoms with van der Waals surface area (Å²) >= 11 is 0. The lowest BCUT2D eigenvalue weighted by Gasteiger charge is -2.30. The minimum atomic E-state index is -0.290. The number of aryl methyl sites for hydroxylation is 2. The summed E-state index contributed by atoms with van der Waals surface area (Å²) in [6.45, 7) is 4.17. The van der Waals surface area contributed by atoms with E-state index in [-0.39, 0.29) is 30.3 Å². The Kier molecular flexibility index (Phi) is 5.26. The fraction of sp³-hybridized carbons (Fsp3) is 0.435. The number of amides is 2. The molecular weight excluding hydrogens is 366 g/mol. The number of furan rings is 1. The highest BCUT2D eigenvalue weighted by molar-refractivity contribution is 6.03. The second-order valence-electron chi connectivity index (χ2n) is 8.14. The van der Waals surface area contributed by atoms with Crippen LogP contribution in [0.2, 0.25) is 0 Å². The maximum atomic E-state index is 13.1. The van der Waals surface area contributed by atoms with Crippen molar-refractivity contribution in [1.82, 2.24) is 9.91 Å². The van der Waals surface area contributed by atoms with Gasteiger partial charge in [-0.1, -0.05) is 18.6 Å². The van der Waals surface area contributed by atoms with Crippen LogP contribution in [0.15, 0.2) is 46.1 Å². The van der Waals surface area contributed by atoms with Crippen molar-refractivity contribution in [2.24, 2.45) is 11.0 Å². The van der Waals surface area contributed by atoms with Crippen molar-refractivity contribution >= 4 is 17.5 Å². The molecule has 2 aliphatic rings. The van der Waals surface area contributed by atoms with Gasteiger partial charge >= 0.3 is 0 Å². The Morgan fingerprint density at radius 3 is 2.62 bits per heavy atom. The molecule has 1 saturated carbocycles. The quantitative estimate of drug-likeness (QED) is 0.775. The molecule has 1 aliphatic heterocycles. The Balaban J connectivity index is 1.56. The molecule has 0 radical (unpaired) electrons. The lowest BCUT2D eigenvalue weighted by Crippen LogP contribution is -2.42. The summed E-state index contributed by atoms with van der Waals surface area (Å²) in [5, 5.41) is 6.15. The van der Waals surface area contributed by atoms with E-state index in [0.29, 0.717) is 12.2 Å². The van der Waals surface area contributed by atoms with Crippen LogP contribution in [-0.4, -0.2) is 41.0 Å². The first-order chi connectivity index (χ1) is 13.9. The fourth-order valence-corrected chi connectivity index (χ4v) is 3.86. The second kappa shape index (κ2) is 7.85. The van der Waals surface area contributed by atoms with Gasteiger partial charge in [0.15, 0.2) is 0 Å². The maximum absolute atomic E-state index is 13.1. The molecule has 1 fully saturated rings. The van der Waals surface area contributed by atoms with Gasteiger partial charge in [-0.3, -0.25) is 9.59 Å². The van der Waals surface area contributed by atoms with Crippen LogP contribution in [0.4, 0.5) is 0 Å². The topological polar surface area (TPSA) is 66.1 Å². The summed E-state index contributed by atoms with van der Waals surface area (Å²) < 4.78 is 5.59. The highest BCUT2D eigenvalue weighted by Crippen LogP contribution is 2.34. The van der Waals surface area contributed by atoms with Gasteiger partial charge in [0.05, 0.1) is 12.0 Å². The summed E-state index contributed by atoms with van der Waals surface area (Å²) in [4.78, 5) is 27.1. The number of benzene rings is 1. The van der Waals surface area contributed by atoms with Crippen molar-refractivity contribution in [3.63, 3.8) is 0 Å². The largest absolute Gasteiger partial charge is 0.467 e. The number of carbonyl (C=O) groups is 2. The zero-order chi connectivity index (χ0) is 20.5. The van der Waals surface area contributed by atoms with Crippen molar-refractivity contribution < 1.29 is 14.0 Å². The van der Waals surface area contributed by atoms with Gasteiger partial charge < -0.3 is 9.32 Å². The summed E-state index contributed by atoms with van der Waals surface area (Å²) in [6, 6.07) is 9.62. The van der Waals surface area contributed by atoms with E-state index in [9.17, 15) is 9.59 Å². The first-order valence-corrected chi connectivity index (χ1v) is 10.2. The maximum Gasteiger partial charge on any atom is 0.262 e. The van der Waals surface area contributed by atoms with Crippen molar-refractivity contribution in [3.8, 4) is 0 Å². The predicted molar refractivity (Wildman–Crippen MR) is 110 cm³/mol. The van der Waals surface area contributed by atoms with Crippen LogP contribution in [0.3, 0.4) is 0 Å². The zero-order valence-corrected chi connectivity index (χ0v) is 17.2. The van der Waals surface area contributed by atoms with E-state index < -0.39 is 0 Å². The zero-order valence-electron chi connectivity index (χ0n) is 17.2. The summed E-state index contributed by atoms with van der Waals surface area (Å²) in [6.07, 6.45) is 5.13. The number of hydrazone groups is 1. The predicted octanol–water partition coefficient (Wildman–Crippen LogP) is 3.83. The molecule has 0 saturated heterocycles. The first kappa shape index (κ1) is 19.4. The average molecular weight is 393 g/mol. The van der Waals surface area contributed by atoms with Crippen LogP contribution in [-0.2, 0) is 9.59 Å². The smallest absolute Gasteiger partial charge is 0.262 e. The van der Waals surface area contributed by atoms with Crippen LogP contribution in [0.1, 0.15) is 54.2 Å². The molecule has 2 amide bonds. The monoisotopic (exact) mass is 393 g/mol. The molecule has 6 heteroatoms. The fourth-order valence-electron chi connectivity index (χ4n) is 3.86. The van der Waals surface area contributed by atoms with Gasteiger partial charge in [-0.05, 0) is 61.6 Å². The van der Waals surface area contributed by atoms with Gasteiger partial charge in [-0.15, -0.1) is 0 Å². The molecule has 4 rings (SSSR count). The van der Waals surface area contributed by atoms with Crippen molar-refractivity contribution in [2.45, 2.75) is 45.6 Å². The number of nitrogens with zero attached hydrogens (tertiary/aromatic N) is 3. The molecule has 1 aliphatic carbocycles. The molecule has 1 unspecified atom stereocenters. The molecule has 2 heterocycles. The Bertz CT molecular complexity index is 944. The highest BCUT2D eigenvalue weighted by atomic mass is 16.3. The molecule has 1 aromatic carbocycles. The normalized spacial score (nSPS) is 19.1. The second-order valence-corrected chi connectivity index (χ2v) is 8.14. The molecule has 1 aromatic heterocycles. The molecular formula is C23H27N3O3. The van der Waals surface area contributed by atoms with E-state index in [4.69, 9.17) is 4.42 Å². The Morgan fingerprint density at radius 2 is 2.00 bits per heavy atom. The first-order valence-electron chi connectivity index (χ1n) is 10.2. The number of carbonyl (C=O) groups excluding carboxylic acids is 2. The minimum Gasteiger partial charge on any atom is -0.467 e. The van der Waals surface area contributed by atoms with Crippen LogP contribution in [0, 0.1) is 19.8 Å². The van der Waals surface area contributed by atoms with Gasteiger partial charge in [0.25, 0.3) is 5.91 Å². The third-order valence-corrected chi connectivity index (χ3v) is 6.08. The highest BCUT2D eigenvalue weighted by Gasteiger charge is 2.36. The van der Waals surface area contributed by atoms with Gasteiger partial charge in [-0.25, -0.2) is 5.01 Å². The van der Waals surface area contributed by atoms with E-state index in [2.05, 4.69) is 31.1 Å². The van der Waals surface area contributed by atoms with Crippen LogP contribution in [0.25, 0.3) is 0 Å². The average Bonchev–Trinajstić information content (AvgIpc) is 3.31. The molecule has 2 aromatic rings. The van der Waals surface area contributed by atoms with E-state index in [0.717, 1.165) is 30.5 Å². The van der Waals surface area contributed by atoms with Crippen molar-refractivity contribution in [1.29, 1.82) is 0 Å². The molecule has 6 nitrogen and oxygen atoms in total. The standard InChI is InChI=1S/C23H27N3O3/c1-15-9-10-18(12-16(15)2)19-13-20(21-8-5-11-29-21)26(24-19)22(27)14-25(3)23(28)17-6-4-7-17/h5,8-12,17,20H,4,6-7,13-14H2,1-3H3. The van der Waals surface area contributed by atoms with E-state index in [1.54, 1.807) is 13.3 Å². The minimum absolute atomic E-state index is 0.0241. The van der Waals surface area contributed by atoms with E-state index >= 15 is 0 Å². The van der Waals surface area contributed by atoms with Gasteiger partial charge in [0.2, 0.25) is 5.91 Å². The third kappa shape index (κ3) is 3.84. The summed E-state index contributed by atoms with van der Waals surface area (Å²) in [7, 11) is 1.70. The SMILES string of the molecule is Cc1ccc(C2=NN(C(=O)CN(C)C(=O)C3CCC3)C(c3ccco3)C2)cc1C. The van der Waals surface area contributed by atoms with Crippen LogP contribution in [0.5, 0.6) is 0 Å². The van der Waals surface area contributed by atoms with Crippen molar-refractivity contribution in [2.75, 3.05) is 13.6 Å². The summed E-state index contributed by atoms with van der Waals surface area (Å²) in [5.74, 6) is 0.632. The Labute approximate surface area is 171 Å². The molecule has 1 atom stereocenters. The molecule has 0 spiro atoms. The number of rotatable bonds is 5. The Hall–Kier alpha value is -2.89. The number of likely N-dealkylation sites (N-methyl/N-ethyl adjacent to an activating group) is 1. The Morgan fingerprint density at radius 1 is 1.21 bits per heavy atom. The lowest BCUT2D eigenvalue weighted by atomic mass is 9.84. The molecule has 0 N–H and O–H groups in total. The van der Waals surface area contributed by atoms with Gasteiger partial charge in [0, 0.05) is 19.4 Å². The van der Waals surface area contributed by atoms with Gasteiger partial charge in [-0.2, -0.15) is 5.10 Å². The lowest BCUT2D eigenvalue weighted by molar-refractivity contribution is -0.144. The van der Waals surface area contributed by atoms with Crippen LogP contribution >= 0.6 is 0 Å². The molecule has 0 bridgehead atoms. The van der Waals surface area contributed by atoms with E-state index in [1.165, 1.54) is 21.0 Å². The molecule has 152 valence electrons. The van der Waals surface area contributed by atoms with Gasteiger partial charge in [0.1, 0.15) is 18.3 Å². The van der Waals surface area contributed by atoms with E-state index in [1.807, 2.05) is 18.2 Å². The summed E-state index contributed by atoms with van der Waals surface area (Å²) in [5.41, 5.74) is 4.28. The van der Waals surface area contributed by atoms with Crippen LogP contribution < -0.4 is 0 Å². The third-order valence-electron chi connectivity index (χ3n) is 6.08.